The number of piperidine rings is 1. The number of carbonyl (C=O) groups is 1. The molecule has 0 radical (unpaired) electrons. The number of amides is 1. The van der Waals surface area contributed by atoms with E-state index < -0.39 is 0 Å². The van der Waals surface area contributed by atoms with Crippen LogP contribution in [0.5, 0.6) is 0 Å². The molecule has 0 spiro atoms. The van der Waals surface area contributed by atoms with Gasteiger partial charge in [0.1, 0.15) is 0 Å². The highest BCUT2D eigenvalue weighted by Gasteiger charge is 2.21. The van der Waals surface area contributed by atoms with E-state index in [9.17, 15) is 4.79 Å². The molecule has 0 unspecified atom stereocenters. The van der Waals surface area contributed by atoms with E-state index in [1.807, 2.05) is 24.4 Å². The predicted octanol–water partition coefficient (Wildman–Crippen LogP) is 1.80. The van der Waals surface area contributed by atoms with Gasteiger partial charge in [-0.15, -0.1) is 0 Å². The number of carbonyl (C=O) groups excluding carboxylic acids is 1. The second kappa shape index (κ2) is 7.83. The molecule has 5 nitrogen and oxygen atoms in total. The first-order chi connectivity index (χ1) is 11.3. The minimum atomic E-state index is 0.0874. The molecule has 3 rings (SSSR count). The van der Waals surface area contributed by atoms with Gasteiger partial charge in [0.15, 0.2) is 0 Å². The summed E-state index contributed by atoms with van der Waals surface area (Å²) in [6.45, 7) is 2.87. The van der Waals surface area contributed by atoms with Gasteiger partial charge in [-0.2, -0.15) is 0 Å². The van der Waals surface area contributed by atoms with Gasteiger partial charge in [0.05, 0.1) is 6.42 Å². The minimum absolute atomic E-state index is 0.0874. The molecule has 2 aromatic rings. The summed E-state index contributed by atoms with van der Waals surface area (Å²) in [6.07, 6.45) is 9.72. The number of nitrogens with one attached hydrogen (secondary N) is 1. The number of nitrogens with zero attached hydrogens (tertiary/aromatic N) is 3. The zero-order valence-electron chi connectivity index (χ0n) is 13.2. The quantitative estimate of drug-likeness (QED) is 0.915. The lowest BCUT2D eigenvalue weighted by Gasteiger charge is -2.33. The molecule has 1 fully saturated rings. The molecular formula is C18H22N4O. The van der Waals surface area contributed by atoms with Crippen LogP contribution in [0.25, 0.3) is 0 Å². The molecule has 0 bridgehead atoms. The van der Waals surface area contributed by atoms with Gasteiger partial charge in [0, 0.05) is 43.9 Å². The first kappa shape index (κ1) is 15.6. The summed E-state index contributed by atoms with van der Waals surface area (Å²) in [5.74, 6) is 0.0874. The molecule has 2 aromatic heterocycles. The molecule has 0 aromatic carbocycles. The summed E-state index contributed by atoms with van der Waals surface area (Å²) in [6, 6.07) is 8.06. The summed E-state index contributed by atoms with van der Waals surface area (Å²) in [4.78, 5) is 22.7. The lowest BCUT2D eigenvalue weighted by molar-refractivity contribution is -0.121. The Morgan fingerprint density at radius 1 is 1.17 bits per heavy atom. The van der Waals surface area contributed by atoms with Gasteiger partial charge in [-0.05, 0) is 48.7 Å². The van der Waals surface area contributed by atoms with Crippen LogP contribution >= 0.6 is 0 Å². The smallest absolute Gasteiger partial charge is 0.224 e. The van der Waals surface area contributed by atoms with Crippen molar-refractivity contribution in [3.63, 3.8) is 0 Å². The van der Waals surface area contributed by atoms with Crippen LogP contribution in [0.2, 0.25) is 0 Å². The molecule has 0 saturated carbocycles. The molecule has 1 aliphatic rings. The van der Waals surface area contributed by atoms with Crippen LogP contribution in [0, 0.1) is 0 Å². The Kier molecular flexibility index (Phi) is 5.32. The second-order valence-electron chi connectivity index (χ2n) is 6.04. The molecular weight excluding hydrogens is 288 g/mol. The van der Waals surface area contributed by atoms with Crippen molar-refractivity contribution in [3.05, 3.63) is 60.2 Å². The third-order valence-corrected chi connectivity index (χ3v) is 4.11. The first-order valence-electron chi connectivity index (χ1n) is 8.09. The largest absolute Gasteiger partial charge is 0.352 e. The average molecular weight is 310 g/mol. The zero-order valence-corrected chi connectivity index (χ0v) is 13.2. The van der Waals surface area contributed by atoms with E-state index in [1.165, 1.54) is 5.56 Å². The molecule has 3 heterocycles. The molecule has 120 valence electrons. The second-order valence-corrected chi connectivity index (χ2v) is 6.04. The number of likely N-dealkylation sites (tertiary alicyclic amines) is 1. The molecule has 1 N–H and O–H groups in total. The summed E-state index contributed by atoms with van der Waals surface area (Å²) in [5, 5.41) is 3.17. The Morgan fingerprint density at radius 2 is 2.04 bits per heavy atom. The van der Waals surface area contributed by atoms with E-state index in [2.05, 4.69) is 26.3 Å². The Labute approximate surface area is 136 Å². The van der Waals surface area contributed by atoms with Crippen molar-refractivity contribution in [2.24, 2.45) is 0 Å². The maximum atomic E-state index is 12.2. The van der Waals surface area contributed by atoms with Gasteiger partial charge in [-0.3, -0.25) is 19.7 Å². The molecule has 23 heavy (non-hydrogen) atoms. The summed E-state index contributed by atoms with van der Waals surface area (Å²) in [7, 11) is 0. The van der Waals surface area contributed by atoms with E-state index in [0.717, 1.165) is 38.0 Å². The van der Waals surface area contributed by atoms with Crippen molar-refractivity contribution in [1.29, 1.82) is 0 Å². The van der Waals surface area contributed by atoms with Gasteiger partial charge < -0.3 is 5.32 Å². The number of hydrogen-bond acceptors (Lipinski definition) is 4. The monoisotopic (exact) mass is 310 g/mol. The Morgan fingerprint density at radius 3 is 2.83 bits per heavy atom. The number of rotatable bonds is 5. The van der Waals surface area contributed by atoms with Crippen molar-refractivity contribution in [2.45, 2.75) is 31.8 Å². The lowest BCUT2D eigenvalue weighted by Crippen LogP contribution is -2.47. The van der Waals surface area contributed by atoms with Crippen molar-refractivity contribution in [1.82, 2.24) is 20.2 Å². The average Bonchev–Trinajstić information content (AvgIpc) is 2.57. The SMILES string of the molecule is O=C(Cc1ccncc1)N[C@@H]1CCCN(Cc2cccnc2)C1. The van der Waals surface area contributed by atoms with Crippen molar-refractivity contribution >= 4 is 5.91 Å². The van der Waals surface area contributed by atoms with E-state index in [-0.39, 0.29) is 11.9 Å². The molecule has 1 amide bonds. The first-order valence-corrected chi connectivity index (χ1v) is 8.09. The highest BCUT2D eigenvalue weighted by atomic mass is 16.1. The molecule has 0 aliphatic carbocycles. The zero-order chi connectivity index (χ0) is 15.9. The number of aromatic nitrogens is 2. The summed E-state index contributed by atoms with van der Waals surface area (Å²) in [5.41, 5.74) is 2.22. The maximum Gasteiger partial charge on any atom is 0.224 e. The van der Waals surface area contributed by atoms with E-state index in [1.54, 1.807) is 18.6 Å². The fourth-order valence-electron chi connectivity index (χ4n) is 3.03. The third kappa shape index (κ3) is 4.86. The maximum absolute atomic E-state index is 12.2. The van der Waals surface area contributed by atoms with Gasteiger partial charge >= 0.3 is 0 Å². The molecule has 1 saturated heterocycles. The number of hydrogen-bond donors (Lipinski definition) is 1. The summed E-state index contributed by atoms with van der Waals surface area (Å²) >= 11 is 0. The fourth-order valence-corrected chi connectivity index (χ4v) is 3.03. The van der Waals surface area contributed by atoms with Crippen molar-refractivity contribution in [2.75, 3.05) is 13.1 Å². The minimum Gasteiger partial charge on any atom is -0.352 e. The Hall–Kier alpha value is -2.27. The number of pyridine rings is 2. The highest BCUT2D eigenvalue weighted by molar-refractivity contribution is 5.78. The van der Waals surface area contributed by atoms with Gasteiger partial charge in [-0.1, -0.05) is 6.07 Å². The van der Waals surface area contributed by atoms with Crippen LogP contribution in [-0.4, -0.2) is 39.9 Å². The summed E-state index contributed by atoms with van der Waals surface area (Å²) < 4.78 is 0. The Bertz CT molecular complexity index is 617. The Balaban J connectivity index is 1.49. The topological polar surface area (TPSA) is 58.1 Å². The fraction of sp³-hybridized carbons (Fsp3) is 0.389. The van der Waals surface area contributed by atoms with Crippen LogP contribution in [0.15, 0.2) is 49.1 Å². The van der Waals surface area contributed by atoms with Gasteiger partial charge in [0.2, 0.25) is 5.91 Å². The lowest BCUT2D eigenvalue weighted by atomic mass is 10.0. The highest BCUT2D eigenvalue weighted by Crippen LogP contribution is 2.13. The van der Waals surface area contributed by atoms with E-state index in [0.29, 0.717) is 6.42 Å². The standard InChI is InChI=1S/C18H22N4O/c23-18(11-15-5-8-19-9-6-15)21-17-4-2-10-22(14-17)13-16-3-1-7-20-12-16/h1,3,5-9,12,17H,2,4,10-11,13-14H2,(H,21,23)/t17-/m1/s1. The van der Waals surface area contributed by atoms with E-state index >= 15 is 0 Å². The van der Waals surface area contributed by atoms with Crippen molar-refractivity contribution in [3.8, 4) is 0 Å². The third-order valence-electron chi connectivity index (χ3n) is 4.11. The van der Waals surface area contributed by atoms with Crippen LogP contribution in [0.1, 0.15) is 24.0 Å². The van der Waals surface area contributed by atoms with Crippen LogP contribution in [-0.2, 0) is 17.8 Å². The van der Waals surface area contributed by atoms with Crippen LogP contribution < -0.4 is 5.32 Å². The van der Waals surface area contributed by atoms with Crippen LogP contribution in [0.4, 0.5) is 0 Å². The molecule has 5 heteroatoms. The predicted molar refractivity (Wildman–Crippen MR) is 88.6 cm³/mol. The van der Waals surface area contributed by atoms with E-state index in [4.69, 9.17) is 0 Å². The molecule has 1 aliphatic heterocycles. The van der Waals surface area contributed by atoms with Gasteiger partial charge in [0.25, 0.3) is 0 Å². The van der Waals surface area contributed by atoms with Gasteiger partial charge in [-0.25, -0.2) is 0 Å². The molecule has 1 atom stereocenters. The van der Waals surface area contributed by atoms with Crippen molar-refractivity contribution < 1.29 is 4.79 Å². The van der Waals surface area contributed by atoms with Crippen LogP contribution in [0.3, 0.4) is 0 Å². The normalized spacial score (nSPS) is 18.5.